The molecule has 0 atom stereocenters. The fourth-order valence-corrected chi connectivity index (χ4v) is 3.52. The summed E-state index contributed by atoms with van der Waals surface area (Å²) in [6, 6.07) is 14.0. The summed E-state index contributed by atoms with van der Waals surface area (Å²) in [4.78, 5) is 12.4. The first-order valence-corrected chi connectivity index (χ1v) is 10.6. The van der Waals surface area contributed by atoms with E-state index in [2.05, 4.69) is 17.0 Å². The van der Waals surface area contributed by atoms with Crippen LogP contribution >= 0.6 is 11.8 Å². The number of carbonyl (C=O) groups is 1. The number of nitrogens with one attached hydrogen (secondary N) is 2. The molecule has 2 aromatic carbocycles. The van der Waals surface area contributed by atoms with Crippen molar-refractivity contribution in [3.05, 3.63) is 65.2 Å². The van der Waals surface area contributed by atoms with Gasteiger partial charge in [-0.3, -0.25) is 4.79 Å². The minimum Gasteiger partial charge on any atom is -0.348 e. The van der Waals surface area contributed by atoms with E-state index in [1.807, 2.05) is 36.0 Å². The van der Waals surface area contributed by atoms with Crippen molar-refractivity contribution in [2.24, 2.45) is 0 Å². The summed E-state index contributed by atoms with van der Waals surface area (Å²) in [5, 5.41) is 2.84. The van der Waals surface area contributed by atoms with Gasteiger partial charge in [-0.1, -0.05) is 31.2 Å². The molecule has 2 rings (SSSR count). The molecular formula is C18H22N2O3S2. The quantitative estimate of drug-likeness (QED) is 0.741. The second kappa shape index (κ2) is 9.03. The SMILES string of the molecule is CCSCc1ccc(C(=O)NCc2ccc(S(=O)(=O)NC)cc2)cc1. The third-order valence-corrected chi connectivity index (χ3v) is 6.02. The van der Waals surface area contributed by atoms with Crippen LogP contribution in [0.4, 0.5) is 0 Å². The van der Waals surface area contributed by atoms with Crippen molar-refractivity contribution in [2.45, 2.75) is 24.1 Å². The summed E-state index contributed by atoms with van der Waals surface area (Å²) >= 11 is 1.84. The zero-order chi connectivity index (χ0) is 18.3. The molecule has 0 radical (unpaired) electrons. The molecule has 0 aromatic heterocycles. The van der Waals surface area contributed by atoms with Crippen LogP contribution in [0, 0.1) is 0 Å². The largest absolute Gasteiger partial charge is 0.348 e. The molecule has 134 valence electrons. The maximum Gasteiger partial charge on any atom is 0.251 e. The highest BCUT2D eigenvalue weighted by Gasteiger charge is 2.11. The van der Waals surface area contributed by atoms with Gasteiger partial charge in [0.05, 0.1) is 4.90 Å². The van der Waals surface area contributed by atoms with Gasteiger partial charge in [-0.25, -0.2) is 13.1 Å². The Morgan fingerprint density at radius 2 is 1.60 bits per heavy atom. The van der Waals surface area contributed by atoms with Gasteiger partial charge in [0.15, 0.2) is 0 Å². The number of thioether (sulfide) groups is 1. The van der Waals surface area contributed by atoms with Crippen LogP contribution in [0.1, 0.15) is 28.4 Å². The van der Waals surface area contributed by atoms with Crippen LogP contribution < -0.4 is 10.0 Å². The van der Waals surface area contributed by atoms with Gasteiger partial charge in [-0.15, -0.1) is 0 Å². The molecule has 0 bridgehead atoms. The van der Waals surface area contributed by atoms with E-state index in [0.717, 1.165) is 17.1 Å². The molecule has 2 N–H and O–H groups in total. The first-order chi connectivity index (χ1) is 12.0. The van der Waals surface area contributed by atoms with Crippen LogP contribution in [-0.4, -0.2) is 27.1 Å². The predicted octanol–water partition coefficient (Wildman–Crippen LogP) is 2.78. The van der Waals surface area contributed by atoms with Gasteiger partial charge in [0.25, 0.3) is 5.91 Å². The van der Waals surface area contributed by atoms with Gasteiger partial charge in [-0.2, -0.15) is 11.8 Å². The van der Waals surface area contributed by atoms with Crippen molar-refractivity contribution in [3.8, 4) is 0 Å². The summed E-state index contributed by atoms with van der Waals surface area (Å²) < 4.78 is 25.6. The highest BCUT2D eigenvalue weighted by Crippen LogP contribution is 2.13. The Morgan fingerprint density at radius 1 is 1.00 bits per heavy atom. The number of rotatable bonds is 8. The summed E-state index contributed by atoms with van der Waals surface area (Å²) in [6.07, 6.45) is 0. The highest BCUT2D eigenvalue weighted by atomic mass is 32.2. The molecule has 0 unspecified atom stereocenters. The average Bonchev–Trinajstić information content (AvgIpc) is 2.65. The third-order valence-electron chi connectivity index (χ3n) is 3.64. The Balaban J connectivity index is 1.93. The second-order valence-electron chi connectivity index (χ2n) is 5.37. The average molecular weight is 379 g/mol. The van der Waals surface area contributed by atoms with E-state index in [0.29, 0.717) is 12.1 Å². The van der Waals surface area contributed by atoms with E-state index in [4.69, 9.17) is 0 Å². The molecule has 0 aliphatic carbocycles. The molecule has 0 saturated heterocycles. The smallest absolute Gasteiger partial charge is 0.251 e. The van der Waals surface area contributed by atoms with E-state index in [1.165, 1.54) is 24.7 Å². The lowest BCUT2D eigenvalue weighted by molar-refractivity contribution is 0.0951. The predicted molar refractivity (Wildman–Crippen MR) is 102 cm³/mol. The summed E-state index contributed by atoms with van der Waals surface area (Å²) in [5.41, 5.74) is 2.64. The van der Waals surface area contributed by atoms with Crippen LogP contribution in [0.3, 0.4) is 0 Å². The maximum atomic E-state index is 12.2. The van der Waals surface area contributed by atoms with Crippen molar-refractivity contribution < 1.29 is 13.2 Å². The van der Waals surface area contributed by atoms with E-state index in [1.54, 1.807) is 12.1 Å². The van der Waals surface area contributed by atoms with Gasteiger partial charge in [0.2, 0.25) is 10.0 Å². The molecule has 0 fully saturated rings. The molecule has 1 amide bonds. The van der Waals surface area contributed by atoms with Gasteiger partial charge in [0, 0.05) is 17.9 Å². The Kier molecular flexibility index (Phi) is 7.04. The standard InChI is InChI=1S/C18H22N2O3S2/c1-3-24-13-15-4-8-16(9-5-15)18(21)20-12-14-6-10-17(11-7-14)25(22,23)19-2/h4-11,19H,3,12-13H2,1-2H3,(H,20,21). The summed E-state index contributed by atoms with van der Waals surface area (Å²) in [7, 11) is -2.07. The molecule has 2 aromatic rings. The van der Waals surface area contributed by atoms with E-state index in [-0.39, 0.29) is 10.8 Å². The fourth-order valence-electron chi connectivity index (χ4n) is 2.16. The van der Waals surface area contributed by atoms with Crippen molar-refractivity contribution in [1.29, 1.82) is 0 Å². The minimum atomic E-state index is -3.44. The molecule has 25 heavy (non-hydrogen) atoms. The number of carbonyl (C=O) groups excluding carboxylic acids is 1. The maximum absolute atomic E-state index is 12.2. The summed E-state index contributed by atoms with van der Waals surface area (Å²) in [5.74, 6) is 1.86. The fraction of sp³-hybridized carbons (Fsp3) is 0.278. The van der Waals surface area contributed by atoms with Crippen LogP contribution in [0.15, 0.2) is 53.4 Å². The van der Waals surface area contributed by atoms with Gasteiger partial charge in [0.1, 0.15) is 0 Å². The van der Waals surface area contributed by atoms with Crippen LogP contribution in [0.2, 0.25) is 0 Å². The van der Waals surface area contributed by atoms with E-state index in [9.17, 15) is 13.2 Å². The van der Waals surface area contributed by atoms with Gasteiger partial charge < -0.3 is 5.32 Å². The van der Waals surface area contributed by atoms with Crippen LogP contribution in [0.25, 0.3) is 0 Å². The first-order valence-electron chi connectivity index (χ1n) is 7.93. The van der Waals surface area contributed by atoms with Gasteiger partial charge >= 0.3 is 0 Å². The zero-order valence-electron chi connectivity index (χ0n) is 14.3. The number of hydrogen-bond donors (Lipinski definition) is 2. The van der Waals surface area contributed by atoms with Crippen molar-refractivity contribution in [1.82, 2.24) is 10.0 Å². The zero-order valence-corrected chi connectivity index (χ0v) is 15.9. The van der Waals surface area contributed by atoms with Gasteiger partial charge in [-0.05, 0) is 48.2 Å². The number of hydrogen-bond acceptors (Lipinski definition) is 4. The normalized spacial score (nSPS) is 11.3. The molecule has 0 heterocycles. The molecule has 0 aliphatic heterocycles. The molecule has 0 saturated carbocycles. The van der Waals surface area contributed by atoms with Crippen LogP contribution in [0.5, 0.6) is 0 Å². The Morgan fingerprint density at radius 3 is 2.16 bits per heavy atom. The van der Waals surface area contributed by atoms with Crippen LogP contribution in [-0.2, 0) is 22.3 Å². The monoisotopic (exact) mass is 378 g/mol. The third kappa shape index (κ3) is 5.59. The Bertz CT molecular complexity index is 801. The number of sulfonamides is 1. The topological polar surface area (TPSA) is 75.3 Å². The summed E-state index contributed by atoms with van der Waals surface area (Å²) in [6.45, 7) is 2.46. The van der Waals surface area contributed by atoms with Crippen molar-refractivity contribution >= 4 is 27.7 Å². The highest BCUT2D eigenvalue weighted by molar-refractivity contribution is 7.98. The lowest BCUT2D eigenvalue weighted by Gasteiger charge is -2.08. The number of amides is 1. The van der Waals surface area contributed by atoms with Crippen molar-refractivity contribution in [2.75, 3.05) is 12.8 Å². The second-order valence-corrected chi connectivity index (χ2v) is 8.53. The lowest BCUT2D eigenvalue weighted by Crippen LogP contribution is -2.23. The minimum absolute atomic E-state index is 0.151. The van der Waals surface area contributed by atoms with E-state index >= 15 is 0 Å². The molecule has 5 nitrogen and oxygen atoms in total. The Hall–Kier alpha value is -1.83. The molecular weight excluding hydrogens is 356 g/mol. The molecule has 0 spiro atoms. The van der Waals surface area contributed by atoms with E-state index < -0.39 is 10.0 Å². The molecule has 7 heteroatoms. The number of benzene rings is 2. The molecule has 0 aliphatic rings. The van der Waals surface area contributed by atoms with Crippen molar-refractivity contribution in [3.63, 3.8) is 0 Å². The first kappa shape index (κ1) is 19.5. The lowest BCUT2D eigenvalue weighted by atomic mass is 10.1. The Labute approximate surface area is 153 Å².